The van der Waals surface area contributed by atoms with Crippen molar-refractivity contribution in [3.63, 3.8) is 0 Å². The van der Waals surface area contributed by atoms with Crippen molar-refractivity contribution >= 4 is 47.3 Å². The topological polar surface area (TPSA) is 185 Å². The number of carbonyl (C=O) groups excluding carboxylic acids is 2. The number of fused-ring (bicyclic) bond motifs is 1. The van der Waals surface area contributed by atoms with Crippen LogP contribution in [0.1, 0.15) is 12.8 Å². The van der Waals surface area contributed by atoms with Crippen molar-refractivity contribution in [3.8, 4) is 0 Å². The summed E-state index contributed by atoms with van der Waals surface area (Å²) in [6.45, 7) is -0.567. The van der Waals surface area contributed by atoms with Crippen LogP contribution < -0.4 is 16.4 Å². The van der Waals surface area contributed by atoms with Gasteiger partial charge in [0.25, 0.3) is 0 Å². The van der Waals surface area contributed by atoms with Gasteiger partial charge >= 0.3 is 11.9 Å². The first kappa shape index (κ1) is 24.8. The lowest BCUT2D eigenvalue weighted by atomic mass is 10.1. The summed E-state index contributed by atoms with van der Waals surface area (Å²) in [7, 11) is 0. The number of nitrogens with two attached hydrogens (primary N) is 1. The van der Waals surface area contributed by atoms with E-state index < -0.39 is 42.4 Å². The average Bonchev–Trinajstić information content (AvgIpc) is 2.74. The number of rotatable bonds is 9. The smallest absolute Gasteiger partial charge is 0.322 e. The third-order valence-corrected chi connectivity index (χ3v) is 4.03. The predicted molar refractivity (Wildman–Crippen MR) is 111 cm³/mol. The molecule has 0 spiro atoms. The minimum Gasteiger partial charge on any atom is -0.480 e. The molecule has 0 aliphatic carbocycles. The fraction of sp³-hybridized carbons (Fsp3) is 0.333. The maximum Gasteiger partial charge on any atom is 0.322 e. The lowest BCUT2D eigenvalue weighted by molar-refractivity contribution is -0.139. The Kier molecular flexibility index (Phi) is 10.8. The van der Waals surface area contributed by atoms with E-state index in [0.29, 0.717) is 0 Å². The van der Waals surface area contributed by atoms with Gasteiger partial charge < -0.3 is 26.6 Å². The van der Waals surface area contributed by atoms with Crippen molar-refractivity contribution in [2.75, 3.05) is 12.3 Å². The van der Waals surface area contributed by atoms with E-state index in [1.165, 1.54) is 0 Å². The molecule has 0 aliphatic heterocycles. The third-order valence-electron chi connectivity index (χ3n) is 3.66. The molecule has 2 rings (SSSR count). The SMILES string of the molecule is N[C@@H](CCC(=O)N[C@@H](CS)C(=O)NCC(=O)O)C(=O)O.c1ccc2ncncc2c1. The Morgan fingerprint density at radius 2 is 1.87 bits per heavy atom. The zero-order chi connectivity index (χ0) is 22.5. The molecule has 0 unspecified atom stereocenters. The number of thiol groups is 1. The number of nitrogens with zero attached hydrogens (tertiary/aromatic N) is 2. The molecule has 0 fully saturated rings. The van der Waals surface area contributed by atoms with E-state index in [1.807, 2.05) is 30.5 Å². The van der Waals surface area contributed by atoms with Crippen molar-refractivity contribution in [1.29, 1.82) is 0 Å². The Labute approximate surface area is 177 Å². The quantitative estimate of drug-likeness (QED) is 0.279. The molecule has 30 heavy (non-hydrogen) atoms. The standard InChI is InChI=1S/C10H17N3O6S.C8H6N2/c11-5(10(18)19)1-2-7(14)13-6(4-20)9(17)12-3-8(15)16;1-2-4-8-7(3-1)5-9-6-10-8/h5-6,20H,1-4,11H2,(H,12,17)(H,13,14)(H,15,16)(H,18,19);1-6H/t5-,6-;/m0./s1. The lowest BCUT2D eigenvalue weighted by Crippen LogP contribution is -2.49. The van der Waals surface area contributed by atoms with Crippen molar-refractivity contribution in [2.24, 2.45) is 5.73 Å². The summed E-state index contributed by atoms with van der Waals surface area (Å²) in [5.41, 5.74) is 6.23. The minimum atomic E-state index is -1.22. The average molecular weight is 437 g/mol. The molecule has 12 heteroatoms. The highest BCUT2D eigenvalue weighted by atomic mass is 32.1. The van der Waals surface area contributed by atoms with Crippen LogP contribution in [0, 0.1) is 0 Å². The maximum atomic E-state index is 11.5. The first-order chi connectivity index (χ1) is 14.2. The van der Waals surface area contributed by atoms with Crippen LogP contribution in [0.15, 0.2) is 36.8 Å². The number of aromatic nitrogens is 2. The van der Waals surface area contributed by atoms with Crippen molar-refractivity contribution in [3.05, 3.63) is 36.8 Å². The Balaban J connectivity index is 0.000000367. The van der Waals surface area contributed by atoms with Crippen molar-refractivity contribution in [1.82, 2.24) is 20.6 Å². The number of hydrogen-bond donors (Lipinski definition) is 6. The second-order valence-electron chi connectivity index (χ2n) is 5.98. The molecule has 0 bridgehead atoms. The highest BCUT2D eigenvalue weighted by molar-refractivity contribution is 7.80. The summed E-state index contributed by atoms with van der Waals surface area (Å²) in [6.07, 6.45) is 3.13. The summed E-state index contributed by atoms with van der Waals surface area (Å²) in [6, 6.07) is 5.76. The second kappa shape index (κ2) is 13.1. The Hall–Kier alpha value is -3.25. The van der Waals surface area contributed by atoms with Gasteiger partial charge in [0.05, 0.1) is 5.52 Å². The highest BCUT2D eigenvalue weighted by Crippen LogP contribution is 2.06. The fourth-order valence-corrected chi connectivity index (χ4v) is 2.34. The fourth-order valence-electron chi connectivity index (χ4n) is 2.08. The molecule has 0 aliphatic rings. The van der Waals surface area contributed by atoms with E-state index in [2.05, 4.69) is 33.2 Å². The molecule has 2 amide bonds. The van der Waals surface area contributed by atoms with Crippen LogP contribution >= 0.6 is 12.6 Å². The van der Waals surface area contributed by atoms with Gasteiger partial charge in [-0.05, 0) is 12.5 Å². The van der Waals surface area contributed by atoms with E-state index in [0.717, 1.165) is 10.9 Å². The van der Waals surface area contributed by atoms with Gasteiger partial charge in [-0.25, -0.2) is 9.97 Å². The van der Waals surface area contributed by atoms with Crippen LogP contribution in [0.5, 0.6) is 0 Å². The van der Waals surface area contributed by atoms with E-state index >= 15 is 0 Å². The first-order valence-electron chi connectivity index (χ1n) is 8.77. The highest BCUT2D eigenvalue weighted by Gasteiger charge is 2.20. The number of aliphatic carboxylic acids is 2. The zero-order valence-electron chi connectivity index (χ0n) is 15.9. The van der Waals surface area contributed by atoms with E-state index in [9.17, 15) is 19.2 Å². The zero-order valence-corrected chi connectivity index (χ0v) is 16.8. The molecule has 1 aromatic carbocycles. The molecule has 6 N–H and O–H groups in total. The lowest BCUT2D eigenvalue weighted by Gasteiger charge is -2.16. The number of carboxylic acids is 2. The van der Waals surface area contributed by atoms with Gasteiger partial charge in [-0.3, -0.25) is 19.2 Å². The number of amides is 2. The summed E-state index contributed by atoms with van der Waals surface area (Å²) >= 11 is 3.87. The van der Waals surface area contributed by atoms with Crippen LogP contribution in [-0.4, -0.2) is 68.3 Å². The van der Waals surface area contributed by atoms with Gasteiger partial charge in [-0.15, -0.1) is 0 Å². The molecule has 1 heterocycles. The number of carbonyl (C=O) groups is 4. The number of nitrogens with one attached hydrogen (secondary N) is 2. The molecular weight excluding hydrogens is 414 g/mol. The predicted octanol–water partition coefficient (Wildman–Crippen LogP) is -0.576. The molecular formula is C18H23N5O6S. The molecule has 11 nitrogen and oxygen atoms in total. The normalized spacial score (nSPS) is 12.1. The Morgan fingerprint density at radius 3 is 2.47 bits per heavy atom. The monoisotopic (exact) mass is 437 g/mol. The van der Waals surface area contributed by atoms with E-state index in [-0.39, 0.29) is 18.6 Å². The number of para-hydroxylation sites is 1. The molecule has 2 aromatic rings. The van der Waals surface area contributed by atoms with Gasteiger partial charge in [0.2, 0.25) is 11.8 Å². The Morgan fingerprint density at radius 1 is 1.17 bits per heavy atom. The third kappa shape index (κ3) is 9.30. The molecule has 1 aromatic heterocycles. The van der Waals surface area contributed by atoms with Crippen LogP contribution in [0.4, 0.5) is 0 Å². The van der Waals surface area contributed by atoms with Gasteiger partial charge in [0, 0.05) is 23.8 Å². The van der Waals surface area contributed by atoms with E-state index in [4.69, 9.17) is 15.9 Å². The summed E-state index contributed by atoms with van der Waals surface area (Å²) in [4.78, 5) is 51.7. The molecule has 2 atom stereocenters. The molecule has 0 saturated heterocycles. The summed E-state index contributed by atoms with van der Waals surface area (Å²) < 4.78 is 0. The van der Waals surface area contributed by atoms with Gasteiger partial charge in [0.15, 0.2) is 0 Å². The number of hydrogen-bond acceptors (Lipinski definition) is 8. The molecule has 0 saturated carbocycles. The number of carboxylic acid groups (broad SMARTS) is 2. The van der Waals surface area contributed by atoms with Gasteiger partial charge in [0.1, 0.15) is 25.0 Å². The second-order valence-corrected chi connectivity index (χ2v) is 6.34. The van der Waals surface area contributed by atoms with E-state index in [1.54, 1.807) is 6.33 Å². The van der Waals surface area contributed by atoms with Crippen molar-refractivity contribution in [2.45, 2.75) is 24.9 Å². The number of benzene rings is 1. The summed E-state index contributed by atoms with van der Waals surface area (Å²) in [5, 5.41) is 22.5. The maximum absolute atomic E-state index is 11.5. The van der Waals surface area contributed by atoms with Crippen LogP contribution in [0.2, 0.25) is 0 Å². The first-order valence-corrected chi connectivity index (χ1v) is 9.40. The van der Waals surface area contributed by atoms with Crippen LogP contribution in [-0.2, 0) is 19.2 Å². The Bertz CT molecular complexity index is 816. The van der Waals surface area contributed by atoms with Crippen molar-refractivity contribution < 1.29 is 29.4 Å². The molecule has 162 valence electrons. The largest absolute Gasteiger partial charge is 0.480 e. The van der Waals surface area contributed by atoms with Gasteiger partial charge in [-0.1, -0.05) is 18.2 Å². The van der Waals surface area contributed by atoms with Gasteiger partial charge in [-0.2, -0.15) is 12.6 Å². The van der Waals surface area contributed by atoms with Crippen LogP contribution in [0.25, 0.3) is 10.9 Å². The molecule has 0 radical (unpaired) electrons. The minimum absolute atomic E-state index is 0.0256. The van der Waals surface area contributed by atoms with Crippen LogP contribution in [0.3, 0.4) is 0 Å². The summed E-state index contributed by atoms with van der Waals surface area (Å²) in [5.74, 6) is -3.70.